The molecule has 164 valence electrons. The average molecular weight is 505 g/mol. The molecular formula is C25H17BrN2O5. The highest BCUT2D eigenvalue weighted by atomic mass is 79.9. The van der Waals surface area contributed by atoms with Gasteiger partial charge in [0.1, 0.15) is 6.04 Å². The summed E-state index contributed by atoms with van der Waals surface area (Å²) in [6.45, 7) is 2.08. The number of hydrogen-bond acceptors (Lipinski definition) is 5. The van der Waals surface area contributed by atoms with Gasteiger partial charge in [-0.15, -0.1) is 0 Å². The molecule has 3 aromatic carbocycles. The van der Waals surface area contributed by atoms with Gasteiger partial charge in [0.15, 0.2) is 11.5 Å². The molecule has 3 heterocycles. The molecule has 8 heteroatoms. The monoisotopic (exact) mass is 504 g/mol. The number of halogens is 1. The number of benzene rings is 3. The van der Waals surface area contributed by atoms with Gasteiger partial charge in [-0.05, 0) is 48.9 Å². The summed E-state index contributed by atoms with van der Waals surface area (Å²) in [7, 11) is 0. The van der Waals surface area contributed by atoms with Crippen LogP contribution in [0.3, 0.4) is 0 Å². The number of amides is 3. The summed E-state index contributed by atoms with van der Waals surface area (Å²) in [6, 6.07) is 16.2. The van der Waals surface area contributed by atoms with E-state index in [2.05, 4.69) is 15.9 Å². The molecule has 3 aliphatic rings. The Hall–Kier alpha value is -3.65. The summed E-state index contributed by atoms with van der Waals surface area (Å²) in [4.78, 5) is 42.6. The highest BCUT2D eigenvalue weighted by Crippen LogP contribution is 2.49. The summed E-state index contributed by atoms with van der Waals surface area (Å²) in [5.74, 6) is -0.0883. The number of imide groups is 1. The number of aryl methyl sites for hydroxylation is 1. The summed E-state index contributed by atoms with van der Waals surface area (Å²) in [5, 5.41) is 0. The molecule has 3 amide bonds. The smallest absolute Gasteiger partial charge is 0.262 e. The summed E-state index contributed by atoms with van der Waals surface area (Å²) in [5.41, 5.74) is 3.10. The molecule has 0 aliphatic carbocycles. The van der Waals surface area contributed by atoms with E-state index < -0.39 is 23.9 Å². The Bertz CT molecular complexity index is 1320. The summed E-state index contributed by atoms with van der Waals surface area (Å²) < 4.78 is 11.7. The molecule has 0 bridgehead atoms. The quantitative estimate of drug-likeness (QED) is 0.393. The molecule has 0 aromatic heterocycles. The highest BCUT2D eigenvalue weighted by molar-refractivity contribution is 9.10. The van der Waals surface area contributed by atoms with Crippen LogP contribution in [0.4, 0.5) is 5.69 Å². The maximum Gasteiger partial charge on any atom is 0.262 e. The molecule has 0 radical (unpaired) electrons. The van der Waals surface area contributed by atoms with Gasteiger partial charge in [0.25, 0.3) is 17.7 Å². The third kappa shape index (κ3) is 2.83. The number of nitrogens with zero attached hydrogens (tertiary/aromatic N) is 2. The average Bonchev–Trinajstić information content (AvgIpc) is 3.36. The number of β-lactam (4-membered cyclic amide) rings is 1. The van der Waals surface area contributed by atoms with Gasteiger partial charge >= 0.3 is 0 Å². The zero-order chi connectivity index (χ0) is 22.9. The molecule has 2 atom stereocenters. The van der Waals surface area contributed by atoms with Crippen LogP contribution in [-0.2, 0) is 4.79 Å². The number of carbonyl (C=O) groups is 3. The van der Waals surface area contributed by atoms with Crippen molar-refractivity contribution in [3.8, 4) is 11.5 Å². The van der Waals surface area contributed by atoms with E-state index in [1.54, 1.807) is 41.3 Å². The van der Waals surface area contributed by atoms with Crippen molar-refractivity contribution >= 4 is 39.3 Å². The molecule has 0 spiro atoms. The van der Waals surface area contributed by atoms with Gasteiger partial charge in [-0.3, -0.25) is 19.3 Å². The molecule has 3 aromatic rings. The third-order valence-corrected chi connectivity index (χ3v) is 6.98. The second-order valence-electron chi connectivity index (χ2n) is 8.19. The zero-order valence-electron chi connectivity index (χ0n) is 17.4. The Morgan fingerprint density at radius 1 is 0.818 bits per heavy atom. The summed E-state index contributed by atoms with van der Waals surface area (Å²) in [6.07, 6.45) is 0. The van der Waals surface area contributed by atoms with E-state index in [0.29, 0.717) is 32.8 Å². The SMILES string of the molecule is Cc1ccc(N2C(=O)[C@H](N3C(=O)c4ccccc4C3=O)[C@@H]2c2cc3c(cc2Br)OCO3)cc1. The Labute approximate surface area is 197 Å². The van der Waals surface area contributed by atoms with Crippen molar-refractivity contribution < 1.29 is 23.9 Å². The lowest BCUT2D eigenvalue weighted by molar-refractivity contribution is -0.130. The van der Waals surface area contributed by atoms with Gasteiger partial charge in [0.2, 0.25) is 6.79 Å². The van der Waals surface area contributed by atoms with E-state index in [9.17, 15) is 14.4 Å². The van der Waals surface area contributed by atoms with Crippen molar-refractivity contribution in [1.29, 1.82) is 0 Å². The van der Waals surface area contributed by atoms with Crippen molar-refractivity contribution in [1.82, 2.24) is 4.90 Å². The standard InChI is InChI=1S/C25H17BrN2O5/c1-13-6-8-14(9-7-13)27-21(17-10-19-20(11-18(17)26)33-12-32-19)22(25(27)31)28-23(29)15-4-2-3-5-16(15)24(28)30/h2-11,21-22H,12H2,1H3/t21-,22+/m0/s1. The van der Waals surface area contributed by atoms with Crippen LogP contribution in [0.25, 0.3) is 0 Å². The van der Waals surface area contributed by atoms with E-state index in [-0.39, 0.29) is 12.7 Å². The Balaban J connectivity index is 1.48. The predicted molar refractivity (Wildman–Crippen MR) is 122 cm³/mol. The number of hydrogen-bond donors (Lipinski definition) is 0. The van der Waals surface area contributed by atoms with Crippen molar-refractivity contribution in [2.45, 2.75) is 19.0 Å². The molecule has 1 fully saturated rings. The van der Waals surface area contributed by atoms with Gasteiger partial charge in [0.05, 0.1) is 17.2 Å². The fourth-order valence-corrected chi connectivity index (χ4v) is 5.20. The molecule has 33 heavy (non-hydrogen) atoms. The minimum absolute atomic E-state index is 0.109. The van der Waals surface area contributed by atoms with Crippen LogP contribution in [0.5, 0.6) is 11.5 Å². The lowest BCUT2D eigenvalue weighted by Gasteiger charge is -2.50. The van der Waals surface area contributed by atoms with Crippen molar-refractivity contribution in [3.05, 3.63) is 87.4 Å². The van der Waals surface area contributed by atoms with E-state index in [1.165, 1.54) is 0 Å². The second-order valence-corrected chi connectivity index (χ2v) is 9.04. The molecule has 0 saturated carbocycles. The number of anilines is 1. The molecule has 1 saturated heterocycles. The van der Waals surface area contributed by atoms with Crippen LogP contribution in [0.15, 0.2) is 65.1 Å². The Kier molecular flexibility index (Phi) is 4.35. The van der Waals surface area contributed by atoms with Crippen molar-refractivity contribution in [2.75, 3.05) is 11.7 Å². The topological polar surface area (TPSA) is 76.2 Å². The van der Waals surface area contributed by atoms with Crippen molar-refractivity contribution in [2.24, 2.45) is 0 Å². The van der Waals surface area contributed by atoms with Gasteiger partial charge in [-0.25, -0.2) is 0 Å². The van der Waals surface area contributed by atoms with Crippen LogP contribution in [0, 0.1) is 6.92 Å². The van der Waals surface area contributed by atoms with Crippen LogP contribution in [0.1, 0.15) is 37.9 Å². The first-order valence-corrected chi connectivity index (χ1v) is 11.2. The van der Waals surface area contributed by atoms with Gasteiger partial charge < -0.3 is 14.4 Å². The van der Waals surface area contributed by atoms with Crippen LogP contribution < -0.4 is 14.4 Å². The minimum atomic E-state index is -0.977. The van der Waals surface area contributed by atoms with E-state index in [4.69, 9.17) is 9.47 Å². The largest absolute Gasteiger partial charge is 0.454 e. The van der Waals surface area contributed by atoms with Gasteiger partial charge in [0, 0.05) is 10.2 Å². The molecule has 0 N–H and O–H groups in total. The highest BCUT2D eigenvalue weighted by Gasteiger charge is 2.57. The van der Waals surface area contributed by atoms with Crippen LogP contribution in [0.2, 0.25) is 0 Å². The van der Waals surface area contributed by atoms with Crippen LogP contribution >= 0.6 is 15.9 Å². The zero-order valence-corrected chi connectivity index (χ0v) is 19.0. The third-order valence-electron chi connectivity index (χ3n) is 6.29. The predicted octanol–water partition coefficient (Wildman–Crippen LogP) is 4.24. The molecular weight excluding hydrogens is 488 g/mol. The second kappa shape index (κ2) is 7.18. The first-order valence-electron chi connectivity index (χ1n) is 10.4. The maximum atomic E-state index is 13.5. The Morgan fingerprint density at radius 2 is 1.42 bits per heavy atom. The maximum absolute atomic E-state index is 13.5. The number of carbonyl (C=O) groups excluding carboxylic acids is 3. The molecule has 6 rings (SSSR count). The van der Waals surface area contributed by atoms with E-state index in [1.807, 2.05) is 31.2 Å². The molecule has 3 aliphatic heterocycles. The molecule has 0 unspecified atom stereocenters. The lowest BCUT2D eigenvalue weighted by Crippen LogP contribution is -2.67. The fourth-order valence-electron chi connectivity index (χ4n) is 4.65. The van der Waals surface area contributed by atoms with Crippen LogP contribution in [-0.4, -0.2) is 35.5 Å². The normalized spacial score (nSPS) is 20.8. The fraction of sp³-hybridized carbons (Fsp3) is 0.160. The molecule has 7 nitrogen and oxygen atoms in total. The van der Waals surface area contributed by atoms with E-state index in [0.717, 1.165) is 16.0 Å². The lowest BCUT2D eigenvalue weighted by atomic mass is 9.86. The van der Waals surface area contributed by atoms with E-state index >= 15 is 0 Å². The number of rotatable bonds is 3. The number of ether oxygens (including phenoxy) is 2. The first-order chi connectivity index (χ1) is 16.0. The van der Waals surface area contributed by atoms with Gasteiger partial charge in [-0.1, -0.05) is 45.8 Å². The Morgan fingerprint density at radius 3 is 2.06 bits per heavy atom. The number of fused-ring (bicyclic) bond motifs is 2. The first kappa shape index (κ1) is 20.0. The van der Waals surface area contributed by atoms with Gasteiger partial charge in [-0.2, -0.15) is 0 Å². The summed E-state index contributed by atoms with van der Waals surface area (Å²) >= 11 is 3.59. The van der Waals surface area contributed by atoms with Crippen molar-refractivity contribution in [3.63, 3.8) is 0 Å². The minimum Gasteiger partial charge on any atom is -0.454 e.